The van der Waals surface area contributed by atoms with Gasteiger partial charge in [-0.2, -0.15) is 0 Å². The maximum Gasteiger partial charge on any atom is 0.337 e. The molecule has 30 heavy (non-hydrogen) atoms. The van der Waals surface area contributed by atoms with Crippen molar-refractivity contribution in [2.45, 2.75) is 6.54 Å². The zero-order valence-electron chi connectivity index (χ0n) is 17.1. The molecule has 1 saturated heterocycles. The zero-order chi connectivity index (χ0) is 21.1. The molecule has 2 aromatic carbocycles. The van der Waals surface area contributed by atoms with E-state index < -0.39 is 5.97 Å². The van der Waals surface area contributed by atoms with E-state index in [0.29, 0.717) is 30.8 Å². The number of nitrogens with one attached hydrogen (secondary N) is 1. The topological polar surface area (TPSA) is 87.8 Å². The molecule has 4 rings (SSSR count). The van der Waals surface area contributed by atoms with E-state index in [1.54, 1.807) is 31.4 Å². The first-order valence-corrected chi connectivity index (χ1v) is 9.80. The van der Waals surface area contributed by atoms with Crippen molar-refractivity contribution < 1.29 is 19.1 Å². The number of piperazine rings is 1. The first-order chi connectivity index (χ1) is 14.6. The molecule has 0 atom stereocenters. The average Bonchev–Trinajstić information content (AvgIpc) is 3.20. The summed E-state index contributed by atoms with van der Waals surface area (Å²) in [4.78, 5) is 36.4. The van der Waals surface area contributed by atoms with Crippen molar-refractivity contribution in [1.82, 2.24) is 19.8 Å². The number of carbonyl (C=O) groups is 2. The normalized spacial score (nSPS) is 14.7. The third-order valence-electron chi connectivity index (χ3n) is 5.32. The maximum atomic E-state index is 12.8. The van der Waals surface area contributed by atoms with Crippen LogP contribution >= 0.6 is 0 Å². The van der Waals surface area contributed by atoms with Crippen molar-refractivity contribution >= 4 is 22.9 Å². The molecule has 0 aliphatic carbocycles. The predicted molar refractivity (Wildman–Crippen MR) is 112 cm³/mol. The number of rotatable bonds is 5. The first kappa shape index (κ1) is 19.9. The molecule has 1 N–H and O–H groups in total. The summed E-state index contributed by atoms with van der Waals surface area (Å²) in [5, 5.41) is 0. The number of nitrogens with zero attached hydrogens (tertiary/aromatic N) is 3. The molecule has 156 valence electrons. The van der Waals surface area contributed by atoms with E-state index in [2.05, 4.69) is 14.9 Å². The molecule has 1 aliphatic heterocycles. The van der Waals surface area contributed by atoms with E-state index in [0.717, 1.165) is 35.7 Å². The van der Waals surface area contributed by atoms with E-state index in [1.807, 2.05) is 23.1 Å². The third-order valence-corrected chi connectivity index (χ3v) is 5.32. The van der Waals surface area contributed by atoms with Gasteiger partial charge in [-0.25, -0.2) is 9.78 Å². The predicted octanol–water partition coefficient (Wildman–Crippen LogP) is 2.32. The van der Waals surface area contributed by atoms with E-state index >= 15 is 0 Å². The van der Waals surface area contributed by atoms with Gasteiger partial charge in [0.25, 0.3) is 5.91 Å². The lowest BCUT2D eigenvalue weighted by Crippen LogP contribution is -2.48. The molecule has 1 aromatic heterocycles. The summed E-state index contributed by atoms with van der Waals surface area (Å²) in [6.07, 6.45) is 0. The lowest BCUT2D eigenvalue weighted by molar-refractivity contribution is 0.0595. The summed E-state index contributed by atoms with van der Waals surface area (Å²) < 4.78 is 9.95. The highest BCUT2D eigenvalue weighted by atomic mass is 16.5. The number of imidazole rings is 1. The molecule has 1 amide bonds. The van der Waals surface area contributed by atoms with Crippen LogP contribution in [0.25, 0.3) is 11.0 Å². The molecular formula is C22H24N4O4. The molecular weight excluding hydrogens is 384 g/mol. The van der Waals surface area contributed by atoms with Crippen molar-refractivity contribution in [3.8, 4) is 5.75 Å². The number of hydrogen-bond donors (Lipinski definition) is 1. The van der Waals surface area contributed by atoms with Gasteiger partial charge < -0.3 is 19.4 Å². The smallest absolute Gasteiger partial charge is 0.337 e. The number of fused-ring (bicyclic) bond motifs is 1. The molecule has 8 heteroatoms. The second-order valence-electron chi connectivity index (χ2n) is 7.20. The van der Waals surface area contributed by atoms with Crippen LogP contribution in [-0.4, -0.2) is 72.0 Å². The minimum absolute atomic E-state index is 0.0260. The molecule has 0 spiro atoms. The molecule has 2 heterocycles. The van der Waals surface area contributed by atoms with Crippen molar-refractivity contribution in [2.24, 2.45) is 0 Å². The first-order valence-electron chi connectivity index (χ1n) is 9.80. The Balaban J connectivity index is 1.34. The lowest BCUT2D eigenvalue weighted by atomic mass is 10.1. The maximum absolute atomic E-state index is 12.8. The number of aromatic nitrogens is 2. The van der Waals surface area contributed by atoms with Crippen molar-refractivity contribution in [1.29, 1.82) is 0 Å². The van der Waals surface area contributed by atoms with Crippen LogP contribution in [0.2, 0.25) is 0 Å². The number of aromatic amines is 1. The Labute approximate surface area is 174 Å². The van der Waals surface area contributed by atoms with E-state index in [1.165, 1.54) is 7.11 Å². The third kappa shape index (κ3) is 4.13. The number of esters is 1. The van der Waals surface area contributed by atoms with Gasteiger partial charge in [0.05, 0.1) is 37.4 Å². The summed E-state index contributed by atoms with van der Waals surface area (Å²) >= 11 is 0. The van der Waals surface area contributed by atoms with Crippen molar-refractivity contribution in [3.05, 3.63) is 59.4 Å². The van der Waals surface area contributed by atoms with E-state index in [-0.39, 0.29) is 5.91 Å². The average molecular weight is 408 g/mol. The second kappa shape index (κ2) is 8.54. The van der Waals surface area contributed by atoms with Gasteiger partial charge in [0.1, 0.15) is 11.6 Å². The Morgan fingerprint density at radius 2 is 1.70 bits per heavy atom. The van der Waals surface area contributed by atoms with Crippen molar-refractivity contribution in [3.63, 3.8) is 0 Å². The Morgan fingerprint density at radius 3 is 2.37 bits per heavy atom. The SMILES string of the molecule is COC(=O)c1ccc(C(=O)N2CCN(Cc3nc4ccc(OC)cc4[nH]3)CC2)cc1. The summed E-state index contributed by atoms with van der Waals surface area (Å²) in [5.41, 5.74) is 2.87. The van der Waals surface area contributed by atoms with E-state index in [4.69, 9.17) is 9.47 Å². The number of carbonyl (C=O) groups excluding carboxylic acids is 2. The Hall–Kier alpha value is -3.39. The summed E-state index contributed by atoms with van der Waals surface area (Å²) in [6, 6.07) is 12.4. The molecule has 8 nitrogen and oxygen atoms in total. The Kier molecular flexibility index (Phi) is 5.67. The highest BCUT2D eigenvalue weighted by Crippen LogP contribution is 2.20. The van der Waals surface area contributed by atoms with Crippen molar-refractivity contribution in [2.75, 3.05) is 40.4 Å². The monoisotopic (exact) mass is 408 g/mol. The van der Waals surface area contributed by atoms with Crippen LogP contribution in [0.15, 0.2) is 42.5 Å². The molecule has 1 fully saturated rings. The molecule has 0 saturated carbocycles. The number of H-pyrrole nitrogens is 1. The molecule has 0 radical (unpaired) electrons. The van der Waals surface area contributed by atoms with Crippen LogP contribution in [0.3, 0.4) is 0 Å². The summed E-state index contributed by atoms with van der Waals surface area (Å²) in [7, 11) is 2.98. The van der Waals surface area contributed by atoms with Gasteiger partial charge in [0.2, 0.25) is 0 Å². The fourth-order valence-corrected chi connectivity index (χ4v) is 3.61. The second-order valence-corrected chi connectivity index (χ2v) is 7.20. The number of amides is 1. The highest BCUT2D eigenvalue weighted by molar-refractivity contribution is 5.96. The number of benzene rings is 2. The van der Waals surface area contributed by atoms with Crippen LogP contribution in [0.1, 0.15) is 26.5 Å². The summed E-state index contributed by atoms with van der Waals surface area (Å²) in [6.45, 7) is 3.53. The van der Waals surface area contributed by atoms with Crippen LogP contribution in [0, 0.1) is 0 Å². The standard InChI is InChI=1S/C22H24N4O4/c1-29-17-7-8-18-19(13-17)24-20(23-18)14-25-9-11-26(12-10-25)21(27)15-3-5-16(6-4-15)22(28)30-2/h3-8,13H,9-12,14H2,1-2H3,(H,23,24). The van der Waals surface area contributed by atoms with Crippen LogP contribution < -0.4 is 4.74 Å². The van der Waals surface area contributed by atoms with Gasteiger partial charge in [0.15, 0.2) is 0 Å². The van der Waals surface area contributed by atoms with Gasteiger partial charge in [-0.05, 0) is 36.4 Å². The fourth-order valence-electron chi connectivity index (χ4n) is 3.61. The largest absolute Gasteiger partial charge is 0.497 e. The van der Waals surface area contributed by atoms with Crippen LogP contribution in [0.5, 0.6) is 5.75 Å². The minimum Gasteiger partial charge on any atom is -0.497 e. The quantitative estimate of drug-likeness (QED) is 0.652. The molecule has 0 unspecified atom stereocenters. The number of ether oxygens (including phenoxy) is 2. The molecule has 1 aliphatic rings. The minimum atomic E-state index is -0.411. The van der Waals surface area contributed by atoms with Crippen LogP contribution in [0.4, 0.5) is 0 Å². The van der Waals surface area contributed by atoms with Gasteiger partial charge in [-0.15, -0.1) is 0 Å². The Morgan fingerprint density at radius 1 is 1.00 bits per heavy atom. The number of methoxy groups -OCH3 is 2. The lowest BCUT2D eigenvalue weighted by Gasteiger charge is -2.34. The summed E-state index contributed by atoms with van der Waals surface area (Å²) in [5.74, 6) is 1.26. The zero-order valence-corrected chi connectivity index (χ0v) is 17.1. The highest BCUT2D eigenvalue weighted by Gasteiger charge is 2.23. The van der Waals surface area contributed by atoms with Gasteiger partial charge in [-0.1, -0.05) is 0 Å². The number of hydrogen-bond acceptors (Lipinski definition) is 6. The van der Waals surface area contributed by atoms with Crippen LogP contribution in [-0.2, 0) is 11.3 Å². The van der Waals surface area contributed by atoms with Gasteiger partial charge in [0, 0.05) is 37.8 Å². The van der Waals surface area contributed by atoms with Gasteiger partial charge in [-0.3, -0.25) is 9.69 Å². The molecule has 3 aromatic rings. The fraction of sp³-hybridized carbons (Fsp3) is 0.318. The van der Waals surface area contributed by atoms with Gasteiger partial charge >= 0.3 is 5.97 Å². The Bertz CT molecular complexity index is 1050. The van der Waals surface area contributed by atoms with E-state index in [9.17, 15) is 9.59 Å². The molecule has 0 bridgehead atoms.